The van der Waals surface area contributed by atoms with E-state index in [1.807, 2.05) is 11.3 Å². The molecular formula is C17H28N2S. The predicted octanol–water partition coefficient (Wildman–Crippen LogP) is 4.15. The van der Waals surface area contributed by atoms with Gasteiger partial charge in [-0.3, -0.25) is 9.80 Å². The lowest BCUT2D eigenvalue weighted by atomic mass is 9.93. The van der Waals surface area contributed by atoms with Crippen molar-refractivity contribution >= 4 is 11.3 Å². The monoisotopic (exact) mass is 292 g/mol. The van der Waals surface area contributed by atoms with Gasteiger partial charge in [0.1, 0.15) is 0 Å². The Balaban J connectivity index is 1.78. The van der Waals surface area contributed by atoms with Crippen LogP contribution in [-0.4, -0.2) is 41.5 Å². The van der Waals surface area contributed by atoms with Crippen molar-refractivity contribution in [3.63, 3.8) is 0 Å². The lowest BCUT2D eigenvalue weighted by Crippen LogP contribution is -2.59. The molecule has 3 heteroatoms. The highest BCUT2D eigenvalue weighted by molar-refractivity contribution is 7.10. The molecule has 2 aliphatic heterocycles. The summed E-state index contributed by atoms with van der Waals surface area (Å²) in [4.78, 5) is 7.17. The summed E-state index contributed by atoms with van der Waals surface area (Å²) < 4.78 is 0. The highest BCUT2D eigenvalue weighted by atomic mass is 32.1. The van der Waals surface area contributed by atoms with Gasteiger partial charge in [0.15, 0.2) is 0 Å². The number of nitrogens with zero attached hydrogens (tertiary/aromatic N) is 2. The third-order valence-electron chi connectivity index (χ3n) is 5.21. The normalized spacial score (nSPS) is 30.1. The van der Waals surface area contributed by atoms with Crippen LogP contribution in [0.15, 0.2) is 17.5 Å². The van der Waals surface area contributed by atoms with Gasteiger partial charge in [-0.25, -0.2) is 0 Å². The zero-order valence-corrected chi connectivity index (χ0v) is 13.7. The highest BCUT2D eigenvalue weighted by Gasteiger charge is 2.37. The van der Waals surface area contributed by atoms with Gasteiger partial charge in [-0.15, -0.1) is 11.3 Å². The molecule has 3 atom stereocenters. The van der Waals surface area contributed by atoms with E-state index in [0.29, 0.717) is 6.04 Å². The van der Waals surface area contributed by atoms with Gasteiger partial charge < -0.3 is 0 Å². The molecule has 20 heavy (non-hydrogen) atoms. The molecule has 2 aliphatic rings. The van der Waals surface area contributed by atoms with Crippen LogP contribution in [0.3, 0.4) is 0 Å². The van der Waals surface area contributed by atoms with Crippen molar-refractivity contribution in [2.45, 2.75) is 64.1 Å². The Morgan fingerprint density at radius 3 is 2.90 bits per heavy atom. The SMILES string of the molecule is CCC1CN2CCCCC2CN1C(CC)c1cccs1. The van der Waals surface area contributed by atoms with Crippen molar-refractivity contribution in [2.75, 3.05) is 19.6 Å². The summed E-state index contributed by atoms with van der Waals surface area (Å²) in [5.41, 5.74) is 0. The first kappa shape index (κ1) is 14.6. The van der Waals surface area contributed by atoms with Gasteiger partial charge in [0.25, 0.3) is 0 Å². The van der Waals surface area contributed by atoms with Crippen molar-refractivity contribution in [1.29, 1.82) is 0 Å². The number of thiophene rings is 1. The van der Waals surface area contributed by atoms with Crippen LogP contribution in [0.25, 0.3) is 0 Å². The Kier molecular flexibility index (Phi) is 4.79. The van der Waals surface area contributed by atoms with E-state index >= 15 is 0 Å². The zero-order chi connectivity index (χ0) is 13.9. The molecule has 112 valence electrons. The largest absolute Gasteiger partial charge is 0.298 e. The highest BCUT2D eigenvalue weighted by Crippen LogP contribution is 2.35. The molecule has 0 bridgehead atoms. The fraction of sp³-hybridized carbons (Fsp3) is 0.765. The van der Waals surface area contributed by atoms with Crippen molar-refractivity contribution in [1.82, 2.24) is 9.80 Å². The summed E-state index contributed by atoms with van der Waals surface area (Å²) in [5.74, 6) is 0. The average Bonchev–Trinajstić information content (AvgIpc) is 3.01. The zero-order valence-electron chi connectivity index (χ0n) is 12.9. The first-order chi connectivity index (χ1) is 9.83. The number of piperidine rings is 1. The second-order valence-corrected chi connectivity index (χ2v) is 7.32. The summed E-state index contributed by atoms with van der Waals surface area (Å²) >= 11 is 1.94. The van der Waals surface area contributed by atoms with E-state index in [4.69, 9.17) is 0 Å². The van der Waals surface area contributed by atoms with Gasteiger partial charge in [0.05, 0.1) is 0 Å². The first-order valence-electron chi connectivity index (χ1n) is 8.36. The van der Waals surface area contributed by atoms with Crippen molar-refractivity contribution in [3.8, 4) is 0 Å². The van der Waals surface area contributed by atoms with E-state index < -0.39 is 0 Å². The number of hydrogen-bond donors (Lipinski definition) is 0. The molecule has 2 fully saturated rings. The number of rotatable bonds is 4. The van der Waals surface area contributed by atoms with Crippen molar-refractivity contribution in [3.05, 3.63) is 22.4 Å². The second kappa shape index (κ2) is 6.59. The van der Waals surface area contributed by atoms with Crippen molar-refractivity contribution < 1.29 is 0 Å². The maximum absolute atomic E-state index is 2.83. The molecule has 1 aromatic rings. The van der Waals surface area contributed by atoms with E-state index in [2.05, 4.69) is 41.2 Å². The minimum Gasteiger partial charge on any atom is -0.298 e. The van der Waals surface area contributed by atoms with E-state index in [0.717, 1.165) is 12.1 Å². The Hall–Kier alpha value is -0.380. The Morgan fingerprint density at radius 2 is 2.20 bits per heavy atom. The summed E-state index contributed by atoms with van der Waals surface area (Å²) in [6, 6.07) is 6.75. The maximum atomic E-state index is 2.83. The Labute approximate surface area is 127 Å². The third-order valence-corrected chi connectivity index (χ3v) is 6.19. The van der Waals surface area contributed by atoms with Gasteiger partial charge >= 0.3 is 0 Å². The molecule has 0 aliphatic carbocycles. The molecule has 0 radical (unpaired) electrons. The lowest BCUT2D eigenvalue weighted by Gasteiger charge is -2.50. The molecule has 0 aromatic carbocycles. The molecule has 3 heterocycles. The number of fused-ring (bicyclic) bond motifs is 1. The summed E-state index contributed by atoms with van der Waals surface area (Å²) in [5, 5.41) is 2.23. The topological polar surface area (TPSA) is 6.48 Å². The Morgan fingerprint density at radius 1 is 1.30 bits per heavy atom. The van der Waals surface area contributed by atoms with Crippen LogP contribution < -0.4 is 0 Å². The van der Waals surface area contributed by atoms with Crippen LogP contribution in [-0.2, 0) is 0 Å². The minimum atomic E-state index is 0.643. The summed E-state index contributed by atoms with van der Waals surface area (Å²) in [6.07, 6.45) is 6.78. The van der Waals surface area contributed by atoms with Crippen LogP contribution in [0.1, 0.15) is 56.9 Å². The molecule has 0 amide bonds. The van der Waals surface area contributed by atoms with E-state index in [1.54, 1.807) is 4.88 Å². The van der Waals surface area contributed by atoms with Crippen LogP contribution >= 0.6 is 11.3 Å². The van der Waals surface area contributed by atoms with E-state index in [9.17, 15) is 0 Å². The average molecular weight is 292 g/mol. The quantitative estimate of drug-likeness (QED) is 0.822. The molecule has 1 aromatic heterocycles. The minimum absolute atomic E-state index is 0.643. The number of hydrogen-bond acceptors (Lipinski definition) is 3. The van der Waals surface area contributed by atoms with Gasteiger partial charge in [-0.1, -0.05) is 26.3 Å². The molecule has 0 N–H and O–H groups in total. The van der Waals surface area contributed by atoms with Gasteiger partial charge in [-0.2, -0.15) is 0 Å². The third kappa shape index (κ3) is 2.81. The van der Waals surface area contributed by atoms with Gasteiger partial charge in [0, 0.05) is 36.1 Å². The fourth-order valence-corrected chi connectivity index (χ4v) is 5.03. The van der Waals surface area contributed by atoms with E-state index in [1.165, 1.54) is 51.7 Å². The van der Waals surface area contributed by atoms with Crippen LogP contribution in [0.5, 0.6) is 0 Å². The Bertz CT molecular complexity index is 403. The molecule has 3 rings (SSSR count). The maximum Gasteiger partial charge on any atom is 0.0443 e. The molecule has 0 spiro atoms. The van der Waals surface area contributed by atoms with Crippen LogP contribution in [0.2, 0.25) is 0 Å². The number of piperazine rings is 1. The van der Waals surface area contributed by atoms with Crippen LogP contribution in [0, 0.1) is 0 Å². The second-order valence-electron chi connectivity index (χ2n) is 6.34. The molecular weight excluding hydrogens is 264 g/mol. The van der Waals surface area contributed by atoms with Crippen molar-refractivity contribution in [2.24, 2.45) is 0 Å². The summed E-state index contributed by atoms with van der Waals surface area (Å²) in [7, 11) is 0. The van der Waals surface area contributed by atoms with Gasteiger partial charge in [-0.05, 0) is 43.7 Å². The van der Waals surface area contributed by atoms with Crippen LogP contribution in [0.4, 0.5) is 0 Å². The predicted molar refractivity (Wildman–Crippen MR) is 87.3 cm³/mol. The molecule has 2 saturated heterocycles. The molecule has 3 unspecified atom stereocenters. The standard InChI is InChI=1S/C17H28N2S/c1-3-14-12-18-10-6-5-8-15(18)13-19(14)16(4-2)17-9-7-11-20-17/h7,9,11,14-16H,3-6,8,10,12-13H2,1-2H3. The first-order valence-corrected chi connectivity index (χ1v) is 9.24. The lowest BCUT2D eigenvalue weighted by molar-refractivity contribution is -0.0164. The molecule has 2 nitrogen and oxygen atoms in total. The van der Waals surface area contributed by atoms with E-state index in [-0.39, 0.29) is 0 Å². The summed E-state index contributed by atoms with van der Waals surface area (Å²) in [6.45, 7) is 8.64. The van der Waals surface area contributed by atoms with Gasteiger partial charge in [0.2, 0.25) is 0 Å². The fourth-order valence-electron chi connectivity index (χ4n) is 4.10. The molecule has 0 saturated carbocycles. The smallest absolute Gasteiger partial charge is 0.0443 e.